The van der Waals surface area contributed by atoms with Gasteiger partial charge in [0.15, 0.2) is 0 Å². The van der Waals surface area contributed by atoms with Crippen LogP contribution in [0.1, 0.15) is 11.1 Å². The first-order valence-electron chi connectivity index (χ1n) is 5.47. The van der Waals surface area contributed by atoms with Crippen LogP contribution in [-0.2, 0) is 0 Å². The number of aryl methyl sites for hydroxylation is 2. The number of hydrogen-bond acceptors (Lipinski definition) is 2. The van der Waals surface area contributed by atoms with Crippen LogP contribution in [0.4, 0.5) is 0 Å². The number of para-hydroxylation sites is 1. The zero-order valence-corrected chi connectivity index (χ0v) is 10.9. The van der Waals surface area contributed by atoms with Crippen molar-refractivity contribution in [2.45, 2.75) is 13.8 Å². The van der Waals surface area contributed by atoms with Gasteiger partial charge in [-0.15, -0.1) is 0 Å². The molecule has 0 aliphatic heterocycles. The van der Waals surface area contributed by atoms with Crippen molar-refractivity contribution in [3.8, 4) is 11.5 Å². The number of rotatable bonds is 4. The summed E-state index contributed by atoms with van der Waals surface area (Å²) in [6.45, 7) is 4.06. The highest BCUT2D eigenvalue weighted by Crippen LogP contribution is 2.27. The molecule has 0 aliphatic carbocycles. The van der Waals surface area contributed by atoms with Gasteiger partial charge >= 0.3 is 0 Å². The van der Waals surface area contributed by atoms with Gasteiger partial charge in [0.2, 0.25) is 0 Å². The molecule has 2 nitrogen and oxygen atoms in total. The van der Waals surface area contributed by atoms with Crippen molar-refractivity contribution in [1.29, 1.82) is 0 Å². The molecule has 2 aromatic rings. The van der Waals surface area contributed by atoms with Crippen molar-refractivity contribution in [1.82, 2.24) is 0 Å². The Kier molecular flexibility index (Phi) is 4.00. The van der Waals surface area contributed by atoms with Gasteiger partial charge < -0.3 is 9.05 Å². The van der Waals surface area contributed by atoms with Crippen molar-refractivity contribution in [2.24, 2.45) is 0 Å². The molecule has 3 heteroatoms. The van der Waals surface area contributed by atoms with Gasteiger partial charge in [0.05, 0.1) is 0 Å². The third-order valence-electron chi connectivity index (χ3n) is 2.39. The molecule has 1 atom stereocenters. The molecule has 0 N–H and O–H groups in total. The lowest BCUT2D eigenvalue weighted by Crippen LogP contribution is -1.87. The summed E-state index contributed by atoms with van der Waals surface area (Å²) < 4.78 is 11.1. The Hall–Kier alpha value is -1.53. The molecule has 2 aromatic carbocycles. The van der Waals surface area contributed by atoms with E-state index < -0.39 is 0 Å². The summed E-state index contributed by atoms with van der Waals surface area (Å²) >= 11 is 0. The first-order chi connectivity index (χ1) is 8.25. The van der Waals surface area contributed by atoms with Crippen LogP contribution in [-0.4, -0.2) is 0 Å². The zero-order chi connectivity index (χ0) is 12.1. The molecule has 17 heavy (non-hydrogen) atoms. The Morgan fingerprint density at radius 2 is 1.71 bits per heavy atom. The first-order valence-corrected chi connectivity index (χ1v) is 6.28. The highest BCUT2D eigenvalue weighted by molar-refractivity contribution is 7.27. The molecule has 0 heterocycles. The van der Waals surface area contributed by atoms with E-state index >= 15 is 0 Å². The molecule has 0 saturated carbocycles. The number of hydrogen-bond donors (Lipinski definition) is 0. The van der Waals surface area contributed by atoms with Crippen molar-refractivity contribution >= 4 is 9.03 Å². The van der Waals surface area contributed by atoms with E-state index in [1.165, 1.54) is 5.56 Å². The molecule has 0 bridgehead atoms. The maximum atomic E-state index is 5.59. The van der Waals surface area contributed by atoms with Gasteiger partial charge in [0, 0.05) is 0 Å². The lowest BCUT2D eigenvalue weighted by atomic mass is 10.2. The fourth-order valence-corrected chi connectivity index (χ4v) is 2.05. The number of benzene rings is 2. The van der Waals surface area contributed by atoms with Crippen LogP contribution in [0, 0.1) is 13.8 Å². The molecule has 0 fully saturated rings. The van der Waals surface area contributed by atoms with Crippen molar-refractivity contribution < 1.29 is 9.05 Å². The van der Waals surface area contributed by atoms with Crippen molar-refractivity contribution in [2.75, 3.05) is 0 Å². The standard InChI is InChI=1S/C14H15O2P/c1-11-6-5-8-13(10-11)15-17-16-14-9-4-3-7-12(14)2/h3-10,17H,1-2H3. The van der Waals surface area contributed by atoms with Crippen LogP contribution in [0.2, 0.25) is 0 Å². The van der Waals surface area contributed by atoms with Crippen molar-refractivity contribution in [3.05, 3.63) is 59.7 Å². The smallest absolute Gasteiger partial charge is 0.275 e. The Balaban J connectivity index is 1.90. The summed E-state index contributed by atoms with van der Waals surface area (Å²) in [4.78, 5) is 0. The molecule has 88 valence electrons. The summed E-state index contributed by atoms with van der Waals surface area (Å²) in [6, 6.07) is 15.9. The van der Waals surface area contributed by atoms with Gasteiger partial charge in [-0.1, -0.05) is 30.3 Å². The Bertz CT molecular complexity index is 497. The van der Waals surface area contributed by atoms with E-state index in [1.54, 1.807) is 0 Å². The second-order valence-corrected chi connectivity index (χ2v) is 4.44. The minimum atomic E-state index is -0.0202. The second kappa shape index (κ2) is 5.70. The third-order valence-corrected chi connectivity index (χ3v) is 3.02. The van der Waals surface area contributed by atoms with E-state index in [-0.39, 0.29) is 9.03 Å². The van der Waals surface area contributed by atoms with Crippen LogP contribution < -0.4 is 9.05 Å². The molecule has 0 amide bonds. The van der Waals surface area contributed by atoms with Crippen LogP contribution in [0.25, 0.3) is 0 Å². The lowest BCUT2D eigenvalue weighted by Gasteiger charge is -2.09. The molecular formula is C14H15O2P. The largest absolute Gasteiger partial charge is 0.441 e. The zero-order valence-electron chi connectivity index (χ0n) is 9.94. The quantitative estimate of drug-likeness (QED) is 0.750. The van der Waals surface area contributed by atoms with Crippen molar-refractivity contribution in [3.63, 3.8) is 0 Å². The maximum Gasteiger partial charge on any atom is 0.275 e. The van der Waals surface area contributed by atoms with Gasteiger partial charge in [0.1, 0.15) is 11.5 Å². The first kappa shape index (κ1) is 11.9. The third kappa shape index (κ3) is 3.47. The van der Waals surface area contributed by atoms with Gasteiger partial charge in [-0.05, 0) is 43.2 Å². The van der Waals surface area contributed by atoms with E-state index in [0.29, 0.717) is 0 Å². The molecule has 2 rings (SSSR count). The maximum absolute atomic E-state index is 5.59. The van der Waals surface area contributed by atoms with Crippen LogP contribution in [0.5, 0.6) is 11.5 Å². The second-order valence-electron chi connectivity index (χ2n) is 3.87. The summed E-state index contributed by atoms with van der Waals surface area (Å²) in [7, 11) is -0.0202. The molecule has 0 radical (unpaired) electrons. The highest BCUT2D eigenvalue weighted by atomic mass is 31.1. The topological polar surface area (TPSA) is 18.5 Å². The average molecular weight is 246 g/mol. The van der Waals surface area contributed by atoms with E-state index in [2.05, 4.69) is 0 Å². The van der Waals surface area contributed by atoms with Gasteiger partial charge in [0.25, 0.3) is 9.03 Å². The van der Waals surface area contributed by atoms with E-state index in [1.807, 2.05) is 62.4 Å². The highest BCUT2D eigenvalue weighted by Gasteiger charge is 1.99. The normalized spacial score (nSPS) is 10.7. The Morgan fingerprint density at radius 1 is 0.882 bits per heavy atom. The van der Waals surface area contributed by atoms with Crippen LogP contribution in [0.3, 0.4) is 0 Å². The lowest BCUT2D eigenvalue weighted by molar-refractivity contribution is 0.513. The van der Waals surface area contributed by atoms with Gasteiger partial charge in [-0.3, -0.25) is 0 Å². The summed E-state index contributed by atoms with van der Waals surface area (Å²) in [5.74, 6) is 1.72. The summed E-state index contributed by atoms with van der Waals surface area (Å²) in [6.07, 6.45) is 0. The van der Waals surface area contributed by atoms with Crippen LogP contribution in [0.15, 0.2) is 48.5 Å². The SMILES string of the molecule is Cc1cccc(OPOc2ccccc2C)c1. The van der Waals surface area contributed by atoms with E-state index in [0.717, 1.165) is 17.1 Å². The van der Waals surface area contributed by atoms with Gasteiger partial charge in [-0.2, -0.15) is 0 Å². The Morgan fingerprint density at radius 3 is 2.47 bits per heavy atom. The fraction of sp³-hybridized carbons (Fsp3) is 0.143. The molecule has 0 aliphatic rings. The summed E-state index contributed by atoms with van der Waals surface area (Å²) in [5, 5.41) is 0. The minimum absolute atomic E-state index is 0.0202. The minimum Gasteiger partial charge on any atom is -0.441 e. The van der Waals surface area contributed by atoms with E-state index in [4.69, 9.17) is 9.05 Å². The van der Waals surface area contributed by atoms with E-state index in [9.17, 15) is 0 Å². The fourth-order valence-electron chi connectivity index (χ4n) is 1.46. The molecule has 0 saturated heterocycles. The summed E-state index contributed by atoms with van der Waals surface area (Å²) in [5.41, 5.74) is 2.30. The molecule has 1 unspecified atom stereocenters. The molecule has 0 spiro atoms. The molecular weight excluding hydrogens is 231 g/mol. The average Bonchev–Trinajstić information content (AvgIpc) is 2.32. The Labute approximate surface area is 104 Å². The monoisotopic (exact) mass is 246 g/mol. The predicted octanol–water partition coefficient (Wildman–Crippen LogP) is 4.27. The molecule has 0 aromatic heterocycles. The predicted molar refractivity (Wildman–Crippen MR) is 71.9 cm³/mol. The van der Waals surface area contributed by atoms with Gasteiger partial charge in [-0.25, -0.2) is 0 Å². The van der Waals surface area contributed by atoms with Crippen LogP contribution >= 0.6 is 9.03 Å².